The minimum absolute atomic E-state index is 0.00658. The average Bonchev–Trinajstić information content (AvgIpc) is 2.76. The van der Waals surface area contributed by atoms with Crippen LogP contribution in [-0.2, 0) is 17.5 Å². The van der Waals surface area contributed by atoms with E-state index in [-0.39, 0.29) is 18.4 Å². The summed E-state index contributed by atoms with van der Waals surface area (Å²) in [6.07, 6.45) is 0.312. The molecule has 3 rings (SSSR count). The molecule has 2 aromatic rings. The highest BCUT2D eigenvalue weighted by Gasteiger charge is 2.32. The zero-order valence-electron chi connectivity index (χ0n) is 17.8. The topological polar surface area (TPSA) is 52.6 Å². The number of amides is 1. The second-order valence-electron chi connectivity index (χ2n) is 8.07. The van der Waals surface area contributed by atoms with E-state index in [1.165, 1.54) is 6.07 Å². The van der Waals surface area contributed by atoms with E-state index in [1.54, 1.807) is 29.4 Å². The molecule has 1 aromatic heterocycles. The number of alkyl halides is 3. The summed E-state index contributed by atoms with van der Waals surface area (Å²) in [5, 5.41) is 0. The Bertz CT molecular complexity index is 852. The van der Waals surface area contributed by atoms with Crippen LogP contribution in [0.5, 0.6) is 0 Å². The van der Waals surface area contributed by atoms with Gasteiger partial charge in [-0.1, -0.05) is 12.1 Å². The monoisotopic (exact) mass is 435 g/mol. The molecular formula is C22H28F3N5O. The number of carbonyl (C=O) groups excluding carboxylic acids is 1. The van der Waals surface area contributed by atoms with Gasteiger partial charge >= 0.3 is 6.18 Å². The van der Waals surface area contributed by atoms with Crippen LogP contribution in [0.3, 0.4) is 0 Å². The predicted octanol–water partition coefficient (Wildman–Crippen LogP) is 3.30. The smallest absolute Gasteiger partial charge is 0.341 e. The van der Waals surface area contributed by atoms with Gasteiger partial charge in [0, 0.05) is 51.0 Å². The summed E-state index contributed by atoms with van der Waals surface area (Å²) in [6.45, 7) is 2.61. The zero-order chi connectivity index (χ0) is 22.4. The summed E-state index contributed by atoms with van der Waals surface area (Å²) in [6, 6.07) is 6.98. The van der Waals surface area contributed by atoms with E-state index in [2.05, 4.69) is 14.9 Å². The molecule has 0 unspecified atom stereocenters. The molecule has 1 fully saturated rings. The van der Waals surface area contributed by atoms with Gasteiger partial charge in [0.05, 0.1) is 5.56 Å². The molecular weight excluding hydrogens is 407 g/mol. The number of halogens is 3. The highest BCUT2D eigenvalue weighted by Crippen LogP contribution is 2.30. The molecule has 2 heterocycles. The molecule has 0 bridgehead atoms. The second kappa shape index (κ2) is 10.1. The fourth-order valence-corrected chi connectivity index (χ4v) is 3.69. The van der Waals surface area contributed by atoms with E-state index in [4.69, 9.17) is 0 Å². The number of hydrogen-bond acceptors (Lipinski definition) is 5. The fourth-order valence-electron chi connectivity index (χ4n) is 3.69. The molecule has 0 N–H and O–H groups in total. The normalized spacial score (nSPS) is 15.4. The van der Waals surface area contributed by atoms with Crippen molar-refractivity contribution in [2.45, 2.75) is 25.6 Å². The lowest BCUT2D eigenvalue weighted by atomic mass is 9.95. The van der Waals surface area contributed by atoms with Crippen LogP contribution in [0.1, 0.15) is 24.0 Å². The summed E-state index contributed by atoms with van der Waals surface area (Å²) in [7, 11) is 3.82. The van der Waals surface area contributed by atoms with Crippen LogP contribution in [0.15, 0.2) is 42.7 Å². The zero-order valence-corrected chi connectivity index (χ0v) is 17.8. The Morgan fingerprint density at radius 3 is 2.39 bits per heavy atom. The van der Waals surface area contributed by atoms with Crippen molar-refractivity contribution < 1.29 is 18.0 Å². The van der Waals surface area contributed by atoms with Crippen molar-refractivity contribution in [3.63, 3.8) is 0 Å². The average molecular weight is 435 g/mol. The van der Waals surface area contributed by atoms with Gasteiger partial charge in [-0.25, -0.2) is 9.97 Å². The lowest BCUT2D eigenvalue weighted by molar-refractivity contribution is -0.137. The minimum atomic E-state index is -4.40. The summed E-state index contributed by atoms with van der Waals surface area (Å²) in [4.78, 5) is 27.5. The lowest BCUT2D eigenvalue weighted by Gasteiger charge is -2.34. The Morgan fingerprint density at radius 1 is 1.10 bits per heavy atom. The molecule has 168 valence electrons. The number of aromatic nitrogens is 2. The van der Waals surface area contributed by atoms with Crippen molar-refractivity contribution in [2.75, 3.05) is 45.2 Å². The van der Waals surface area contributed by atoms with Gasteiger partial charge in [-0.3, -0.25) is 4.79 Å². The van der Waals surface area contributed by atoms with Crippen molar-refractivity contribution >= 4 is 11.9 Å². The molecule has 1 aliphatic heterocycles. The van der Waals surface area contributed by atoms with E-state index in [1.807, 2.05) is 19.0 Å². The van der Waals surface area contributed by atoms with Crippen molar-refractivity contribution in [2.24, 2.45) is 5.92 Å². The number of piperidine rings is 1. The van der Waals surface area contributed by atoms with Crippen LogP contribution in [0.4, 0.5) is 19.1 Å². The first-order valence-electron chi connectivity index (χ1n) is 10.4. The van der Waals surface area contributed by atoms with E-state index in [0.29, 0.717) is 50.5 Å². The van der Waals surface area contributed by atoms with Gasteiger partial charge in [0.2, 0.25) is 11.9 Å². The lowest BCUT2D eigenvalue weighted by Crippen LogP contribution is -2.44. The predicted molar refractivity (Wildman–Crippen MR) is 112 cm³/mol. The Labute approximate surface area is 180 Å². The molecule has 1 amide bonds. The molecule has 6 nitrogen and oxygen atoms in total. The molecule has 1 aliphatic rings. The Kier molecular flexibility index (Phi) is 7.48. The molecule has 1 saturated heterocycles. The molecule has 0 radical (unpaired) electrons. The summed E-state index contributed by atoms with van der Waals surface area (Å²) in [5.41, 5.74) is -0.210. The van der Waals surface area contributed by atoms with Gasteiger partial charge in [0.15, 0.2) is 0 Å². The molecule has 31 heavy (non-hydrogen) atoms. The number of benzene rings is 1. The quantitative estimate of drug-likeness (QED) is 0.668. The van der Waals surface area contributed by atoms with Crippen LogP contribution in [0.25, 0.3) is 0 Å². The van der Waals surface area contributed by atoms with Crippen LogP contribution in [-0.4, -0.2) is 65.9 Å². The number of rotatable bonds is 7. The third-order valence-electron chi connectivity index (χ3n) is 5.44. The molecule has 0 saturated carbocycles. The molecule has 1 aromatic carbocycles. The number of carbonyl (C=O) groups is 1. The van der Waals surface area contributed by atoms with E-state index < -0.39 is 11.7 Å². The number of likely N-dealkylation sites (N-methyl/N-ethyl adjacent to an activating group) is 1. The van der Waals surface area contributed by atoms with Crippen molar-refractivity contribution in [3.05, 3.63) is 53.9 Å². The van der Waals surface area contributed by atoms with Crippen LogP contribution in [0, 0.1) is 5.92 Å². The van der Waals surface area contributed by atoms with E-state index in [9.17, 15) is 18.0 Å². The van der Waals surface area contributed by atoms with Crippen LogP contribution in [0.2, 0.25) is 0 Å². The number of anilines is 1. The summed E-state index contributed by atoms with van der Waals surface area (Å²) >= 11 is 0. The second-order valence-corrected chi connectivity index (χ2v) is 8.07. The molecule has 0 aliphatic carbocycles. The van der Waals surface area contributed by atoms with Crippen molar-refractivity contribution in [3.8, 4) is 0 Å². The Balaban J connectivity index is 1.68. The largest absolute Gasteiger partial charge is 0.416 e. The van der Waals surface area contributed by atoms with Gasteiger partial charge in [-0.15, -0.1) is 0 Å². The van der Waals surface area contributed by atoms with Gasteiger partial charge < -0.3 is 14.7 Å². The van der Waals surface area contributed by atoms with Crippen molar-refractivity contribution in [1.82, 2.24) is 19.8 Å². The van der Waals surface area contributed by atoms with Crippen molar-refractivity contribution in [1.29, 1.82) is 0 Å². The van der Waals surface area contributed by atoms with Crippen LogP contribution >= 0.6 is 0 Å². The van der Waals surface area contributed by atoms with Gasteiger partial charge in [0.25, 0.3) is 0 Å². The Morgan fingerprint density at radius 2 is 1.77 bits per heavy atom. The third kappa shape index (κ3) is 6.40. The fraction of sp³-hybridized carbons (Fsp3) is 0.500. The molecule has 0 spiro atoms. The van der Waals surface area contributed by atoms with Gasteiger partial charge in [0.1, 0.15) is 0 Å². The molecule has 9 heteroatoms. The first-order chi connectivity index (χ1) is 14.7. The minimum Gasteiger partial charge on any atom is -0.341 e. The van der Waals surface area contributed by atoms with Crippen LogP contribution < -0.4 is 4.90 Å². The van der Waals surface area contributed by atoms with Gasteiger partial charge in [-0.2, -0.15) is 13.2 Å². The number of hydrogen-bond donors (Lipinski definition) is 0. The maximum absolute atomic E-state index is 13.3. The maximum Gasteiger partial charge on any atom is 0.416 e. The molecule has 0 atom stereocenters. The highest BCUT2D eigenvalue weighted by molar-refractivity contribution is 5.79. The van der Waals surface area contributed by atoms with E-state index >= 15 is 0 Å². The van der Waals surface area contributed by atoms with E-state index in [0.717, 1.165) is 12.1 Å². The SMILES string of the molecule is CN(C)CCN(Cc1cccc(C(F)(F)F)c1)C(=O)C1CCN(c2ncccn2)CC1. The summed E-state index contributed by atoms with van der Waals surface area (Å²) < 4.78 is 39.2. The maximum atomic E-state index is 13.3. The standard InChI is InChI=1S/C22H28F3N5O/c1-28(2)13-14-30(16-17-5-3-6-19(15-17)22(23,24)25)20(31)18-7-11-29(12-8-18)21-26-9-4-10-27-21/h3-6,9-10,15,18H,7-8,11-14,16H2,1-2H3. The highest BCUT2D eigenvalue weighted by atomic mass is 19.4. The Hall–Kier alpha value is -2.68. The first-order valence-corrected chi connectivity index (χ1v) is 10.4. The summed E-state index contributed by atoms with van der Waals surface area (Å²) in [5.74, 6) is 0.489. The number of nitrogens with zero attached hydrogens (tertiary/aromatic N) is 5. The first kappa shape index (κ1) is 23.0. The van der Waals surface area contributed by atoms with Gasteiger partial charge in [-0.05, 0) is 50.7 Å². The third-order valence-corrected chi connectivity index (χ3v) is 5.44.